The molecule has 2 rings (SSSR count). The Hall–Kier alpha value is -1.22. The Kier molecular flexibility index (Phi) is 4.92. The van der Waals surface area contributed by atoms with Crippen LogP contribution in [-0.4, -0.2) is 6.04 Å². The van der Waals surface area contributed by atoms with Crippen molar-refractivity contribution in [1.29, 1.82) is 0 Å². The minimum atomic E-state index is 0.111. The van der Waals surface area contributed by atoms with E-state index in [1.807, 2.05) is 32.0 Å². The summed E-state index contributed by atoms with van der Waals surface area (Å²) < 4.78 is 5.89. The van der Waals surface area contributed by atoms with Gasteiger partial charge in [-0.3, -0.25) is 0 Å². The Morgan fingerprint density at radius 1 is 1.15 bits per heavy atom. The molecule has 106 valence electrons. The van der Waals surface area contributed by atoms with Crippen molar-refractivity contribution < 1.29 is 4.74 Å². The van der Waals surface area contributed by atoms with E-state index < -0.39 is 0 Å². The Bertz CT molecular complexity index is 611. The molecule has 2 N–H and O–H groups in total. The molecule has 0 aliphatic heterocycles. The molecule has 0 aliphatic rings. The molecule has 0 spiro atoms. The van der Waals surface area contributed by atoms with Crippen LogP contribution in [0.5, 0.6) is 11.5 Å². The molecule has 0 bridgehead atoms. The van der Waals surface area contributed by atoms with Gasteiger partial charge in [-0.1, -0.05) is 41.4 Å². The van der Waals surface area contributed by atoms with E-state index in [9.17, 15) is 0 Å². The van der Waals surface area contributed by atoms with Gasteiger partial charge >= 0.3 is 0 Å². The third-order valence-electron chi connectivity index (χ3n) is 2.95. The van der Waals surface area contributed by atoms with Crippen LogP contribution in [0.15, 0.2) is 36.4 Å². The number of halogens is 2. The lowest BCUT2D eigenvalue weighted by Gasteiger charge is -2.13. The van der Waals surface area contributed by atoms with E-state index in [1.165, 1.54) is 0 Å². The second-order valence-corrected chi connectivity index (χ2v) is 5.72. The molecule has 20 heavy (non-hydrogen) atoms. The zero-order valence-electron chi connectivity index (χ0n) is 11.5. The molecule has 2 aromatic rings. The van der Waals surface area contributed by atoms with Gasteiger partial charge in [-0.15, -0.1) is 0 Å². The van der Waals surface area contributed by atoms with Crippen LogP contribution < -0.4 is 10.5 Å². The van der Waals surface area contributed by atoms with Gasteiger partial charge in [0.25, 0.3) is 0 Å². The summed E-state index contributed by atoms with van der Waals surface area (Å²) in [6, 6.07) is 11.5. The number of hydrogen-bond donors (Lipinski definition) is 1. The highest BCUT2D eigenvalue weighted by atomic mass is 35.5. The van der Waals surface area contributed by atoms with Crippen molar-refractivity contribution in [3.63, 3.8) is 0 Å². The van der Waals surface area contributed by atoms with E-state index in [2.05, 4.69) is 6.07 Å². The fraction of sp³-hybridized carbons (Fsp3) is 0.250. The molecular weight excluding hydrogens is 293 g/mol. The topological polar surface area (TPSA) is 35.2 Å². The van der Waals surface area contributed by atoms with Crippen molar-refractivity contribution in [3.05, 3.63) is 57.6 Å². The maximum absolute atomic E-state index is 6.14. The van der Waals surface area contributed by atoms with Crippen molar-refractivity contribution in [1.82, 2.24) is 0 Å². The highest BCUT2D eigenvalue weighted by Gasteiger charge is 2.09. The number of rotatable bonds is 4. The first-order chi connectivity index (χ1) is 9.47. The van der Waals surface area contributed by atoms with Gasteiger partial charge in [-0.05, 0) is 49.6 Å². The Balaban J connectivity index is 2.30. The molecule has 2 aromatic carbocycles. The van der Waals surface area contributed by atoms with E-state index in [4.69, 9.17) is 33.7 Å². The molecule has 0 aliphatic carbocycles. The Morgan fingerprint density at radius 3 is 2.60 bits per heavy atom. The van der Waals surface area contributed by atoms with Crippen molar-refractivity contribution in [2.24, 2.45) is 5.73 Å². The van der Waals surface area contributed by atoms with Crippen molar-refractivity contribution in [2.75, 3.05) is 0 Å². The highest BCUT2D eigenvalue weighted by Crippen LogP contribution is 2.35. The second-order valence-electron chi connectivity index (χ2n) is 4.94. The van der Waals surface area contributed by atoms with E-state index >= 15 is 0 Å². The Labute approximate surface area is 129 Å². The first-order valence-electron chi connectivity index (χ1n) is 6.44. The standard InChI is InChI=1S/C16H17Cl2NO/c1-10-6-7-12(8-11(2)19)9-15(10)20-14-5-3-4-13(17)16(14)18/h3-7,9,11H,8,19H2,1-2H3. The summed E-state index contributed by atoms with van der Waals surface area (Å²) in [5.74, 6) is 1.33. The summed E-state index contributed by atoms with van der Waals surface area (Å²) in [6.45, 7) is 3.97. The predicted molar refractivity (Wildman–Crippen MR) is 85.1 cm³/mol. The molecule has 0 aromatic heterocycles. The molecule has 0 heterocycles. The number of benzene rings is 2. The number of hydrogen-bond acceptors (Lipinski definition) is 2. The molecule has 0 fully saturated rings. The molecule has 0 radical (unpaired) electrons. The molecule has 0 saturated carbocycles. The fourth-order valence-electron chi connectivity index (χ4n) is 1.93. The van der Waals surface area contributed by atoms with Crippen LogP contribution in [0.3, 0.4) is 0 Å². The van der Waals surface area contributed by atoms with Gasteiger partial charge < -0.3 is 10.5 Å². The third-order valence-corrected chi connectivity index (χ3v) is 3.75. The van der Waals surface area contributed by atoms with Crippen LogP contribution in [0.25, 0.3) is 0 Å². The van der Waals surface area contributed by atoms with Gasteiger partial charge in [0.1, 0.15) is 16.5 Å². The van der Waals surface area contributed by atoms with Gasteiger partial charge in [-0.2, -0.15) is 0 Å². The SMILES string of the molecule is Cc1ccc(CC(C)N)cc1Oc1cccc(Cl)c1Cl. The van der Waals surface area contributed by atoms with Crippen molar-refractivity contribution in [2.45, 2.75) is 26.3 Å². The summed E-state index contributed by atoms with van der Waals surface area (Å²) in [5, 5.41) is 0.903. The minimum Gasteiger partial charge on any atom is -0.455 e. The smallest absolute Gasteiger partial charge is 0.147 e. The van der Waals surface area contributed by atoms with E-state index in [-0.39, 0.29) is 6.04 Å². The monoisotopic (exact) mass is 309 g/mol. The number of aryl methyl sites for hydroxylation is 1. The first-order valence-corrected chi connectivity index (χ1v) is 7.20. The summed E-state index contributed by atoms with van der Waals surface area (Å²) >= 11 is 12.1. The maximum atomic E-state index is 6.14. The van der Waals surface area contributed by atoms with Gasteiger partial charge in [0.2, 0.25) is 0 Å². The Morgan fingerprint density at radius 2 is 1.90 bits per heavy atom. The number of ether oxygens (including phenoxy) is 1. The van der Waals surface area contributed by atoms with Gasteiger partial charge in [-0.25, -0.2) is 0 Å². The average Bonchev–Trinajstić information content (AvgIpc) is 2.38. The molecule has 1 atom stereocenters. The van der Waals surface area contributed by atoms with Crippen LogP contribution in [0, 0.1) is 6.92 Å². The third kappa shape index (κ3) is 3.66. The lowest BCUT2D eigenvalue weighted by molar-refractivity contribution is 0.478. The highest BCUT2D eigenvalue weighted by molar-refractivity contribution is 6.42. The number of nitrogens with two attached hydrogens (primary N) is 1. The molecular formula is C16H17Cl2NO. The van der Waals surface area contributed by atoms with Crippen molar-refractivity contribution in [3.8, 4) is 11.5 Å². The van der Waals surface area contributed by atoms with E-state index in [0.717, 1.165) is 23.3 Å². The fourth-order valence-corrected chi connectivity index (χ4v) is 2.26. The molecule has 2 nitrogen and oxygen atoms in total. The van der Waals surface area contributed by atoms with Gasteiger partial charge in [0, 0.05) is 6.04 Å². The van der Waals surface area contributed by atoms with Crippen LogP contribution in [0.4, 0.5) is 0 Å². The van der Waals surface area contributed by atoms with Crippen LogP contribution >= 0.6 is 23.2 Å². The molecule has 1 unspecified atom stereocenters. The van der Waals surface area contributed by atoms with Gasteiger partial charge in [0.05, 0.1) is 5.02 Å². The zero-order valence-corrected chi connectivity index (χ0v) is 13.0. The molecule has 4 heteroatoms. The first kappa shape index (κ1) is 15.2. The summed E-state index contributed by atoms with van der Waals surface area (Å²) in [4.78, 5) is 0. The average molecular weight is 310 g/mol. The largest absolute Gasteiger partial charge is 0.455 e. The molecule has 0 saturated heterocycles. The zero-order chi connectivity index (χ0) is 14.7. The quantitative estimate of drug-likeness (QED) is 0.864. The normalized spacial score (nSPS) is 12.2. The van der Waals surface area contributed by atoms with E-state index in [0.29, 0.717) is 15.8 Å². The van der Waals surface area contributed by atoms with Crippen LogP contribution in [0.2, 0.25) is 10.0 Å². The predicted octanol–water partition coefficient (Wildman–Crippen LogP) is 4.98. The summed E-state index contributed by atoms with van der Waals surface area (Å²) in [6.07, 6.45) is 0.805. The summed E-state index contributed by atoms with van der Waals surface area (Å²) in [5.41, 5.74) is 8.00. The van der Waals surface area contributed by atoms with Crippen LogP contribution in [0.1, 0.15) is 18.1 Å². The molecule has 0 amide bonds. The second kappa shape index (κ2) is 6.49. The van der Waals surface area contributed by atoms with Crippen molar-refractivity contribution >= 4 is 23.2 Å². The maximum Gasteiger partial charge on any atom is 0.147 e. The van der Waals surface area contributed by atoms with E-state index in [1.54, 1.807) is 12.1 Å². The van der Waals surface area contributed by atoms with Gasteiger partial charge in [0.15, 0.2) is 0 Å². The summed E-state index contributed by atoms with van der Waals surface area (Å²) in [7, 11) is 0. The lowest BCUT2D eigenvalue weighted by atomic mass is 10.1. The van der Waals surface area contributed by atoms with Crippen LogP contribution in [-0.2, 0) is 6.42 Å². The lowest BCUT2D eigenvalue weighted by Crippen LogP contribution is -2.17. The minimum absolute atomic E-state index is 0.111.